The second kappa shape index (κ2) is 7.45. The lowest BCUT2D eigenvalue weighted by Crippen LogP contribution is -2.04. The van der Waals surface area contributed by atoms with Crippen molar-refractivity contribution in [2.75, 3.05) is 12.9 Å². The van der Waals surface area contributed by atoms with Gasteiger partial charge in [0.2, 0.25) is 0 Å². The molecule has 4 nitrogen and oxygen atoms in total. The van der Waals surface area contributed by atoms with E-state index >= 15 is 0 Å². The van der Waals surface area contributed by atoms with Gasteiger partial charge in [0.15, 0.2) is 5.78 Å². The van der Waals surface area contributed by atoms with Crippen LogP contribution in [0.15, 0.2) is 53.6 Å². The molecule has 0 N–H and O–H groups in total. The summed E-state index contributed by atoms with van der Waals surface area (Å²) < 4.78 is 5.12. The van der Waals surface area contributed by atoms with Gasteiger partial charge >= 0.3 is 0 Å². The standard InChI is InChI=1S/C19H18N2O2S/c1-3-18-20-16-7-5-4-6-15(16)19(21-18)24-12-17(22)13-8-10-14(23-2)11-9-13/h4-11H,3,12H2,1-2H3. The molecule has 0 atom stereocenters. The third-order valence-corrected chi connectivity index (χ3v) is 4.67. The second-order valence-electron chi connectivity index (χ2n) is 5.26. The van der Waals surface area contributed by atoms with Crippen LogP contribution in [0.1, 0.15) is 23.1 Å². The van der Waals surface area contributed by atoms with Crippen LogP contribution in [0, 0.1) is 0 Å². The summed E-state index contributed by atoms with van der Waals surface area (Å²) in [5, 5.41) is 1.85. The van der Waals surface area contributed by atoms with Gasteiger partial charge in [-0.25, -0.2) is 9.97 Å². The van der Waals surface area contributed by atoms with Crippen LogP contribution < -0.4 is 4.74 Å². The Bertz CT molecular complexity index is 863. The highest BCUT2D eigenvalue weighted by molar-refractivity contribution is 8.00. The highest BCUT2D eigenvalue weighted by Crippen LogP contribution is 2.26. The van der Waals surface area contributed by atoms with Gasteiger partial charge in [-0.3, -0.25) is 4.79 Å². The van der Waals surface area contributed by atoms with Crippen molar-refractivity contribution in [2.24, 2.45) is 0 Å². The number of methoxy groups -OCH3 is 1. The summed E-state index contributed by atoms with van der Waals surface area (Å²) in [6.45, 7) is 2.03. The predicted octanol–water partition coefficient (Wildman–Crippen LogP) is 4.18. The number of fused-ring (bicyclic) bond motifs is 1. The molecule has 0 amide bonds. The van der Waals surface area contributed by atoms with E-state index in [1.807, 2.05) is 31.2 Å². The number of ketones is 1. The minimum atomic E-state index is 0.0726. The smallest absolute Gasteiger partial charge is 0.173 e. The Labute approximate surface area is 145 Å². The van der Waals surface area contributed by atoms with E-state index in [9.17, 15) is 4.79 Å². The maximum absolute atomic E-state index is 12.4. The largest absolute Gasteiger partial charge is 0.497 e. The van der Waals surface area contributed by atoms with Crippen LogP contribution >= 0.6 is 11.8 Å². The normalized spacial score (nSPS) is 10.8. The van der Waals surface area contributed by atoms with Gasteiger partial charge in [-0.1, -0.05) is 36.9 Å². The molecular formula is C19H18N2O2S. The van der Waals surface area contributed by atoms with E-state index < -0.39 is 0 Å². The molecule has 0 bridgehead atoms. The summed E-state index contributed by atoms with van der Waals surface area (Å²) >= 11 is 1.46. The number of carbonyl (C=O) groups is 1. The fourth-order valence-corrected chi connectivity index (χ4v) is 3.29. The van der Waals surface area contributed by atoms with E-state index in [1.165, 1.54) is 11.8 Å². The Balaban J connectivity index is 1.80. The van der Waals surface area contributed by atoms with Gasteiger partial charge in [0.05, 0.1) is 18.4 Å². The molecule has 0 saturated heterocycles. The number of benzene rings is 2. The van der Waals surface area contributed by atoms with Gasteiger partial charge in [0.1, 0.15) is 16.6 Å². The molecule has 0 radical (unpaired) electrons. The molecule has 3 rings (SSSR count). The summed E-state index contributed by atoms with van der Waals surface area (Å²) in [7, 11) is 1.61. The van der Waals surface area contributed by atoms with E-state index in [0.717, 1.165) is 33.9 Å². The highest BCUT2D eigenvalue weighted by atomic mass is 32.2. The molecule has 0 aliphatic carbocycles. The van der Waals surface area contributed by atoms with Crippen molar-refractivity contribution in [3.05, 3.63) is 59.9 Å². The van der Waals surface area contributed by atoms with Gasteiger partial charge in [-0.05, 0) is 30.3 Å². The average molecular weight is 338 g/mol. The number of aromatic nitrogens is 2. The summed E-state index contributed by atoms with van der Waals surface area (Å²) in [6.07, 6.45) is 0.769. The zero-order chi connectivity index (χ0) is 16.9. The average Bonchev–Trinajstić information content (AvgIpc) is 2.65. The third kappa shape index (κ3) is 3.57. The first-order valence-corrected chi connectivity index (χ1v) is 8.75. The number of aryl methyl sites for hydroxylation is 1. The summed E-state index contributed by atoms with van der Waals surface area (Å²) in [6, 6.07) is 15.1. The van der Waals surface area contributed by atoms with Crippen molar-refractivity contribution in [3.8, 4) is 5.75 Å². The number of hydrogen-bond acceptors (Lipinski definition) is 5. The molecule has 0 fully saturated rings. The fraction of sp³-hybridized carbons (Fsp3) is 0.211. The van der Waals surface area contributed by atoms with Crippen LogP contribution in [-0.2, 0) is 6.42 Å². The molecule has 3 aromatic rings. The van der Waals surface area contributed by atoms with Crippen LogP contribution in [0.3, 0.4) is 0 Å². The lowest BCUT2D eigenvalue weighted by atomic mass is 10.1. The molecule has 5 heteroatoms. The Morgan fingerprint density at radius 3 is 2.54 bits per heavy atom. The molecule has 1 aromatic heterocycles. The minimum absolute atomic E-state index is 0.0726. The number of nitrogens with zero attached hydrogens (tertiary/aromatic N) is 2. The molecule has 1 heterocycles. The first-order valence-electron chi connectivity index (χ1n) is 7.77. The molecule has 24 heavy (non-hydrogen) atoms. The maximum Gasteiger partial charge on any atom is 0.173 e. The molecular weight excluding hydrogens is 320 g/mol. The minimum Gasteiger partial charge on any atom is -0.497 e. The summed E-state index contributed by atoms with van der Waals surface area (Å²) in [5.41, 5.74) is 1.60. The van der Waals surface area contributed by atoms with Crippen LogP contribution in [0.4, 0.5) is 0 Å². The lowest BCUT2D eigenvalue weighted by Gasteiger charge is -2.07. The number of para-hydroxylation sites is 1. The Kier molecular flexibility index (Phi) is 5.11. The number of rotatable bonds is 6. The number of Topliss-reactive ketones (excluding diaryl/α,β-unsaturated/α-hetero) is 1. The van der Waals surface area contributed by atoms with Crippen molar-refractivity contribution in [1.29, 1.82) is 0 Å². The first-order chi connectivity index (χ1) is 11.7. The molecule has 0 spiro atoms. The number of ether oxygens (including phenoxy) is 1. The Morgan fingerprint density at radius 2 is 1.83 bits per heavy atom. The zero-order valence-electron chi connectivity index (χ0n) is 13.7. The van der Waals surface area contributed by atoms with E-state index in [2.05, 4.69) is 9.97 Å². The first kappa shape index (κ1) is 16.5. The lowest BCUT2D eigenvalue weighted by molar-refractivity contribution is 0.102. The Hall–Kier alpha value is -2.40. The number of carbonyl (C=O) groups excluding carboxylic acids is 1. The zero-order valence-corrected chi connectivity index (χ0v) is 14.5. The van der Waals surface area contributed by atoms with E-state index in [0.29, 0.717) is 11.3 Å². The van der Waals surface area contributed by atoms with Crippen molar-refractivity contribution in [3.63, 3.8) is 0 Å². The SMILES string of the molecule is CCc1nc(SCC(=O)c2ccc(OC)cc2)c2ccccc2n1. The molecule has 0 unspecified atom stereocenters. The number of hydrogen-bond donors (Lipinski definition) is 0. The highest BCUT2D eigenvalue weighted by Gasteiger charge is 2.11. The number of thioether (sulfide) groups is 1. The van der Waals surface area contributed by atoms with Crippen molar-refractivity contribution in [1.82, 2.24) is 9.97 Å². The monoisotopic (exact) mass is 338 g/mol. The van der Waals surface area contributed by atoms with Crippen LogP contribution in [-0.4, -0.2) is 28.6 Å². The molecule has 2 aromatic carbocycles. The van der Waals surface area contributed by atoms with Crippen LogP contribution in [0.2, 0.25) is 0 Å². The van der Waals surface area contributed by atoms with E-state index in [-0.39, 0.29) is 5.78 Å². The Morgan fingerprint density at radius 1 is 1.08 bits per heavy atom. The van der Waals surface area contributed by atoms with Gasteiger partial charge < -0.3 is 4.74 Å². The summed E-state index contributed by atoms with van der Waals surface area (Å²) in [4.78, 5) is 21.5. The molecule has 0 saturated carbocycles. The molecule has 122 valence electrons. The van der Waals surface area contributed by atoms with Gasteiger partial charge in [0, 0.05) is 17.4 Å². The van der Waals surface area contributed by atoms with Crippen molar-refractivity contribution >= 4 is 28.4 Å². The van der Waals surface area contributed by atoms with Crippen LogP contribution in [0.25, 0.3) is 10.9 Å². The molecule has 0 aliphatic rings. The maximum atomic E-state index is 12.4. The van der Waals surface area contributed by atoms with Crippen LogP contribution in [0.5, 0.6) is 5.75 Å². The molecule has 0 aliphatic heterocycles. The fourth-order valence-electron chi connectivity index (χ4n) is 2.36. The van der Waals surface area contributed by atoms with Crippen molar-refractivity contribution < 1.29 is 9.53 Å². The predicted molar refractivity (Wildman–Crippen MR) is 97.0 cm³/mol. The van der Waals surface area contributed by atoms with E-state index in [1.54, 1.807) is 31.4 Å². The van der Waals surface area contributed by atoms with E-state index in [4.69, 9.17) is 4.74 Å². The van der Waals surface area contributed by atoms with Gasteiger partial charge in [-0.15, -0.1) is 0 Å². The van der Waals surface area contributed by atoms with Crippen molar-refractivity contribution in [2.45, 2.75) is 18.4 Å². The quantitative estimate of drug-likeness (QED) is 0.383. The topological polar surface area (TPSA) is 52.1 Å². The van der Waals surface area contributed by atoms with Gasteiger partial charge in [-0.2, -0.15) is 0 Å². The second-order valence-corrected chi connectivity index (χ2v) is 6.22. The van der Waals surface area contributed by atoms with Gasteiger partial charge in [0.25, 0.3) is 0 Å². The third-order valence-electron chi connectivity index (χ3n) is 3.68. The summed E-state index contributed by atoms with van der Waals surface area (Å²) in [5.74, 6) is 1.96.